The molecule has 0 fully saturated rings. The van der Waals surface area contributed by atoms with Gasteiger partial charge < -0.3 is 14.0 Å². The van der Waals surface area contributed by atoms with Crippen LogP contribution in [0.15, 0.2) is 199 Å². The van der Waals surface area contributed by atoms with Crippen molar-refractivity contribution in [2.24, 2.45) is 0 Å². The van der Waals surface area contributed by atoms with Crippen LogP contribution in [-0.4, -0.2) is 29.5 Å². The molecule has 0 aliphatic carbocycles. The Kier molecular flexibility index (Phi) is 17.2. The van der Waals surface area contributed by atoms with Gasteiger partial charge in [-0.15, -0.1) is 47.1 Å². The molecule has 10 rings (SSSR count). The maximum absolute atomic E-state index is 5.77. The predicted molar refractivity (Wildman–Crippen MR) is 245 cm³/mol. The molecule has 9 nitrogen and oxygen atoms in total. The van der Waals surface area contributed by atoms with Crippen LogP contribution in [0.5, 0.6) is 23.3 Å². The third kappa shape index (κ3) is 12.5. The molecule has 320 valence electrons. The number of hydrogen-bond acceptors (Lipinski definition) is 10. The van der Waals surface area contributed by atoms with Crippen molar-refractivity contribution in [2.75, 3.05) is 0 Å². The molecule has 14 heteroatoms. The minimum atomic E-state index is 0.448. The van der Waals surface area contributed by atoms with Crippen LogP contribution in [0.4, 0.5) is 0 Å². The third-order valence-corrected chi connectivity index (χ3v) is 9.82. The van der Waals surface area contributed by atoms with Crippen molar-refractivity contribution in [3.8, 4) is 90.3 Å². The topological polar surface area (TPSA) is 109 Å². The number of benzene rings is 6. The van der Waals surface area contributed by atoms with Crippen LogP contribution in [0.2, 0.25) is 0 Å². The van der Waals surface area contributed by atoms with Gasteiger partial charge in [-0.05, 0) is 58.1 Å². The molecule has 6 aromatic carbocycles. The van der Waals surface area contributed by atoms with E-state index in [1.165, 1.54) is 22.7 Å². The van der Waals surface area contributed by atoms with Gasteiger partial charge in [0.25, 0.3) is 0 Å². The van der Waals surface area contributed by atoms with E-state index >= 15 is 0 Å². The van der Waals surface area contributed by atoms with E-state index in [1.54, 1.807) is 24.5 Å². The Bertz CT molecular complexity index is 2730. The van der Waals surface area contributed by atoms with Crippen molar-refractivity contribution >= 4 is 30.6 Å². The summed E-state index contributed by atoms with van der Waals surface area (Å²) >= 11 is 5.82. The smallest absolute Gasteiger partial charge is 0.247 e. The summed E-state index contributed by atoms with van der Waals surface area (Å²) in [5, 5.41) is 4.97. The monoisotopic (exact) mass is 1080 g/mol. The Hall–Kier alpha value is -6.18. The normalized spacial score (nSPS) is 10.2. The summed E-state index contributed by atoms with van der Waals surface area (Å²) < 4.78 is 21.5. The first-order valence-electron chi connectivity index (χ1n) is 19.2. The summed E-state index contributed by atoms with van der Waals surface area (Å²) in [7, 11) is 8.98. The molecule has 0 unspecified atom stereocenters. The fourth-order valence-electron chi connectivity index (χ4n) is 6.09. The largest absolute Gasteiger partial charge is 0.459 e. The fourth-order valence-corrected chi connectivity index (χ4v) is 6.77. The molecule has 4 aromatic heterocycles. The van der Waals surface area contributed by atoms with Crippen LogP contribution < -0.4 is 9.47 Å². The van der Waals surface area contributed by atoms with E-state index in [1.807, 2.05) is 121 Å². The van der Waals surface area contributed by atoms with Crippen LogP contribution in [0, 0.1) is 12.1 Å². The predicted octanol–water partition coefficient (Wildman–Crippen LogP) is 14.0. The van der Waals surface area contributed by atoms with Crippen molar-refractivity contribution in [1.82, 2.24) is 29.5 Å². The summed E-state index contributed by atoms with van der Waals surface area (Å²) in [5.41, 5.74) is 8.03. The molecule has 0 saturated heterocycles. The summed E-state index contributed by atoms with van der Waals surface area (Å²) in [4.78, 5) is 17.6. The Morgan fingerprint density at radius 3 is 1.39 bits per heavy atom. The van der Waals surface area contributed by atoms with E-state index in [0.717, 1.165) is 32.8 Å². The van der Waals surface area contributed by atoms with Gasteiger partial charge in [0.1, 0.15) is 10.8 Å². The first kappa shape index (κ1) is 45.8. The average molecular weight is 1080 g/mol. The molecule has 0 saturated carbocycles. The maximum atomic E-state index is 5.77. The van der Waals surface area contributed by atoms with Crippen LogP contribution in [0.3, 0.4) is 0 Å². The fraction of sp³-hybridized carbons (Fsp3) is 0. The molecule has 4 heterocycles. The van der Waals surface area contributed by atoms with E-state index in [-0.39, 0.29) is 0 Å². The number of ether oxygens (including phenoxy) is 2. The number of rotatable bonds is 10. The molecule has 10 aromatic rings. The van der Waals surface area contributed by atoms with Crippen molar-refractivity contribution in [1.29, 1.82) is 0 Å². The van der Waals surface area contributed by atoms with Gasteiger partial charge in [0, 0.05) is 47.2 Å². The Morgan fingerprint density at radius 1 is 0.438 bits per heavy atom. The average Bonchev–Trinajstić information content (AvgIpc) is 4.09. The quantitative estimate of drug-likeness (QED) is 0.0977. The van der Waals surface area contributed by atoms with Crippen molar-refractivity contribution in [2.45, 2.75) is 0 Å². The third-order valence-electron chi connectivity index (χ3n) is 9.05. The van der Waals surface area contributed by atoms with Gasteiger partial charge in [0.15, 0.2) is 0 Å². The van der Waals surface area contributed by atoms with Crippen LogP contribution in [0.1, 0.15) is 0 Å². The molecule has 0 spiro atoms. The molecule has 0 N–H and O–H groups in total. The van der Waals surface area contributed by atoms with E-state index in [9.17, 15) is 0 Å². The summed E-state index contributed by atoms with van der Waals surface area (Å²) in [6, 6.07) is 65.5. The standard InChI is InChI=1S/C25H16N3O2.C25H16N3OS.2ClH.2Pd/c2*1-2-7-18(8-3-1)19-12-14-20(15-13-19)25-27-24(28-30-25)21-9-6-10-22(17-21)29-23-11-4-5-16-26-23;;;;/h2*1-16H;2*1H;;/q2*-1;;;2*+2/p-2. The number of aromatic nitrogens is 6. The van der Waals surface area contributed by atoms with Crippen LogP contribution in [0.25, 0.3) is 67.1 Å². The molecule has 0 aliphatic heterocycles. The van der Waals surface area contributed by atoms with Gasteiger partial charge in [0.05, 0.1) is 5.82 Å². The minimum absolute atomic E-state index is 0.448. The Balaban J connectivity index is 0.000000178. The van der Waals surface area contributed by atoms with Crippen molar-refractivity contribution in [3.63, 3.8) is 0 Å². The van der Waals surface area contributed by atoms with E-state index in [4.69, 9.17) is 19.0 Å². The van der Waals surface area contributed by atoms with Gasteiger partial charge >= 0.3 is 55.4 Å². The summed E-state index contributed by atoms with van der Waals surface area (Å²) in [6.45, 7) is 0. The molecule has 0 amide bonds. The Morgan fingerprint density at radius 2 is 0.891 bits per heavy atom. The molecular formula is C50H32Cl2N6O3Pd2S. The zero-order valence-electron chi connectivity index (χ0n) is 33.2. The van der Waals surface area contributed by atoms with E-state index in [2.05, 4.69) is 141 Å². The van der Waals surface area contributed by atoms with Gasteiger partial charge in [0.2, 0.25) is 17.7 Å². The first-order valence-corrected chi connectivity index (χ1v) is 23.9. The molecule has 0 aliphatic rings. The minimum Gasteiger partial charge on any atom is -0.459 e. The van der Waals surface area contributed by atoms with E-state index in [0.29, 0.717) is 46.4 Å². The number of pyridine rings is 2. The molecule has 0 radical (unpaired) electrons. The van der Waals surface area contributed by atoms with Crippen LogP contribution in [-0.2, 0) is 36.4 Å². The van der Waals surface area contributed by atoms with Crippen molar-refractivity contribution in [3.05, 3.63) is 207 Å². The number of halogens is 2. The number of hydrogen-bond donors (Lipinski definition) is 0. The van der Waals surface area contributed by atoms with Gasteiger partial charge in [-0.3, -0.25) is 4.98 Å². The second kappa shape index (κ2) is 24.0. The maximum Gasteiger partial charge on any atom is 0.247 e. The summed E-state index contributed by atoms with van der Waals surface area (Å²) in [6.07, 6.45) is 3.37. The SMILES string of the molecule is [Cl][Pd+].[Cl][Pd+].[c-]1c(Oc2ccccn2)cccc1-c1noc(-c2ccc(-c3ccccc3)cc2)n1.[c-]1c(Oc2ccccn2)cccc1-c1nsc(-c2ccc(-c3ccccc3)cc2)n1. The van der Waals surface area contributed by atoms with E-state index < -0.39 is 0 Å². The summed E-state index contributed by atoms with van der Waals surface area (Å²) in [5.74, 6) is 3.67. The van der Waals surface area contributed by atoms with Gasteiger partial charge in [-0.2, -0.15) is 0 Å². The van der Waals surface area contributed by atoms with Gasteiger partial charge in [-0.25, -0.2) is 19.3 Å². The second-order valence-corrected chi connectivity index (χ2v) is 13.9. The molecular weight excluding hydrogens is 1050 g/mol. The molecule has 0 bridgehead atoms. The molecule has 0 atom stereocenters. The zero-order chi connectivity index (χ0) is 44.4. The second-order valence-electron chi connectivity index (χ2n) is 13.1. The van der Waals surface area contributed by atoms with Gasteiger partial charge in [-0.1, -0.05) is 127 Å². The van der Waals surface area contributed by atoms with Crippen LogP contribution >= 0.6 is 30.6 Å². The zero-order valence-corrected chi connectivity index (χ0v) is 38.6. The number of nitrogens with zero attached hydrogens (tertiary/aromatic N) is 6. The first-order chi connectivity index (χ1) is 31.7. The Labute approximate surface area is 404 Å². The van der Waals surface area contributed by atoms with Crippen molar-refractivity contribution < 1.29 is 50.4 Å². The molecule has 64 heavy (non-hydrogen) atoms.